The molecule has 2 fully saturated rings. The lowest BCUT2D eigenvalue weighted by atomic mass is 10.00. The first-order chi connectivity index (χ1) is 23.4. The number of fused-ring (bicyclic) bond motifs is 1. The Bertz CT molecular complexity index is 1680. The van der Waals surface area contributed by atoms with Gasteiger partial charge in [0.1, 0.15) is 11.7 Å². The molecule has 0 aliphatic carbocycles. The van der Waals surface area contributed by atoms with Crippen LogP contribution in [0, 0.1) is 6.92 Å². The summed E-state index contributed by atoms with van der Waals surface area (Å²) >= 11 is 0. The summed E-state index contributed by atoms with van der Waals surface area (Å²) in [6.45, 7) is 12.3. The van der Waals surface area contributed by atoms with E-state index in [4.69, 9.17) is 32.8 Å². The molecule has 2 aliphatic heterocycles. The van der Waals surface area contributed by atoms with Crippen LogP contribution in [0.4, 0.5) is 10.5 Å². The van der Waals surface area contributed by atoms with Crippen molar-refractivity contribution >= 4 is 28.7 Å². The Labute approximate surface area is 286 Å². The molecule has 2 amide bonds. The molecule has 5 atom stereocenters. The van der Waals surface area contributed by atoms with Gasteiger partial charge in [0, 0.05) is 61.8 Å². The van der Waals surface area contributed by atoms with E-state index in [1.807, 2.05) is 40.7 Å². The van der Waals surface area contributed by atoms with Crippen LogP contribution in [0.25, 0.3) is 11.0 Å². The third-order valence-electron chi connectivity index (χ3n) is 8.81. The van der Waals surface area contributed by atoms with Crippen molar-refractivity contribution < 1.29 is 42.4 Å². The van der Waals surface area contributed by atoms with Crippen molar-refractivity contribution in [2.75, 3.05) is 59.4 Å². The first-order valence-corrected chi connectivity index (χ1v) is 16.6. The van der Waals surface area contributed by atoms with Crippen LogP contribution in [0.3, 0.4) is 0 Å². The topological polar surface area (TPSA) is 138 Å². The molecule has 0 spiro atoms. The van der Waals surface area contributed by atoms with Crippen LogP contribution in [-0.4, -0.2) is 106 Å². The van der Waals surface area contributed by atoms with E-state index in [0.29, 0.717) is 77.8 Å². The monoisotopic (exact) mass is 681 g/mol. The van der Waals surface area contributed by atoms with Gasteiger partial charge in [-0.25, -0.2) is 14.4 Å². The van der Waals surface area contributed by atoms with E-state index in [1.165, 1.54) is 33.5 Å². The smallest absolute Gasteiger partial charge is 0.339 e. The molecule has 5 rings (SSSR count). The number of esters is 1. The van der Waals surface area contributed by atoms with Crippen molar-refractivity contribution in [2.24, 2.45) is 0 Å². The molecule has 266 valence electrons. The van der Waals surface area contributed by atoms with Crippen molar-refractivity contribution in [3.63, 3.8) is 0 Å². The van der Waals surface area contributed by atoms with Crippen molar-refractivity contribution in [3.8, 4) is 17.2 Å². The normalized spacial score (nSPS) is 22.0. The summed E-state index contributed by atoms with van der Waals surface area (Å²) in [5.74, 6) is 0.381. The minimum absolute atomic E-state index is 0.00702. The molecule has 2 saturated heterocycles. The lowest BCUT2D eigenvalue weighted by molar-refractivity contribution is -0.0779. The lowest BCUT2D eigenvalue weighted by Crippen LogP contribution is -2.49. The van der Waals surface area contributed by atoms with Crippen LogP contribution in [0.5, 0.6) is 17.2 Å². The number of carbonyl (C=O) groups excluding carboxylic acids is 2. The van der Waals surface area contributed by atoms with E-state index in [2.05, 4.69) is 10.2 Å². The number of carbonyl (C=O) groups is 2. The molecule has 49 heavy (non-hydrogen) atoms. The highest BCUT2D eigenvalue weighted by Gasteiger charge is 2.30. The van der Waals surface area contributed by atoms with E-state index in [9.17, 15) is 14.4 Å². The van der Waals surface area contributed by atoms with Gasteiger partial charge in [-0.05, 0) is 64.4 Å². The standard InChI is InChI=1S/C36H47N3O10/c1-20-15-38(16-21(2)46-20)19-27(48-34(40)25-11-31(43-6)33(45-8)32(12-25)44-7)14-29-24(5)28-10-9-26(13-30(28)49-35(29)41)37-36(42)39-17-22(3)47-23(4)18-39/h9-13,20-23,27H,14-19H2,1-8H3,(H,37,42). The molecule has 13 heteroatoms. The van der Waals surface area contributed by atoms with Crippen LogP contribution in [0.15, 0.2) is 39.5 Å². The van der Waals surface area contributed by atoms with Crippen molar-refractivity contribution in [1.82, 2.24) is 9.80 Å². The average Bonchev–Trinajstić information content (AvgIpc) is 3.04. The minimum Gasteiger partial charge on any atom is -0.493 e. The van der Waals surface area contributed by atoms with Crippen LogP contribution < -0.4 is 25.2 Å². The summed E-state index contributed by atoms with van der Waals surface area (Å²) in [7, 11) is 4.43. The number of aryl methyl sites for hydroxylation is 1. The molecule has 2 aliphatic rings. The number of ether oxygens (including phenoxy) is 6. The van der Waals surface area contributed by atoms with Gasteiger partial charge in [-0.15, -0.1) is 0 Å². The Morgan fingerprint density at radius 2 is 1.47 bits per heavy atom. The summed E-state index contributed by atoms with van der Waals surface area (Å²) in [4.78, 5) is 44.1. The number of urea groups is 1. The van der Waals surface area contributed by atoms with Gasteiger partial charge in [0.25, 0.3) is 0 Å². The second-order valence-corrected chi connectivity index (χ2v) is 12.9. The molecule has 0 saturated carbocycles. The van der Waals surface area contributed by atoms with Gasteiger partial charge in [-0.3, -0.25) is 4.90 Å². The number of hydrogen-bond donors (Lipinski definition) is 1. The van der Waals surface area contributed by atoms with Gasteiger partial charge in [-0.1, -0.05) is 0 Å². The number of morpholine rings is 2. The van der Waals surface area contributed by atoms with Crippen LogP contribution in [0.2, 0.25) is 0 Å². The highest BCUT2D eigenvalue weighted by atomic mass is 16.5. The van der Waals surface area contributed by atoms with E-state index in [1.54, 1.807) is 17.0 Å². The zero-order chi connectivity index (χ0) is 35.4. The fourth-order valence-corrected chi connectivity index (χ4v) is 6.77. The second-order valence-electron chi connectivity index (χ2n) is 12.9. The predicted molar refractivity (Wildman–Crippen MR) is 183 cm³/mol. The first kappa shape index (κ1) is 36.0. The molecule has 5 unspecified atom stereocenters. The van der Waals surface area contributed by atoms with Gasteiger partial charge in [0.2, 0.25) is 5.75 Å². The second kappa shape index (κ2) is 15.5. The molecule has 1 aromatic heterocycles. The third-order valence-corrected chi connectivity index (χ3v) is 8.81. The molecule has 3 aromatic rings. The summed E-state index contributed by atoms with van der Waals surface area (Å²) in [5.41, 5.74) is 1.62. The van der Waals surface area contributed by atoms with Crippen LogP contribution in [-0.2, 0) is 20.6 Å². The van der Waals surface area contributed by atoms with E-state index in [-0.39, 0.29) is 42.4 Å². The Balaban J connectivity index is 1.41. The van der Waals surface area contributed by atoms with Crippen LogP contribution >= 0.6 is 0 Å². The Hall–Kier alpha value is -4.33. The minimum atomic E-state index is -0.708. The Kier molecular flexibility index (Phi) is 11.4. The quantitative estimate of drug-likeness (QED) is 0.237. The number of nitrogens with one attached hydrogen (secondary N) is 1. The van der Waals surface area contributed by atoms with Gasteiger partial charge < -0.3 is 43.1 Å². The van der Waals surface area contributed by atoms with E-state index >= 15 is 0 Å². The number of methoxy groups -OCH3 is 3. The summed E-state index contributed by atoms with van der Waals surface area (Å²) in [6, 6.07) is 8.07. The molecule has 0 radical (unpaired) electrons. The fourth-order valence-electron chi connectivity index (χ4n) is 6.77. The number of benzene rings is 2. The predicted octanol–water partition coefficient (Wildman–Crippen LogP) is 4.65. The number of hydrogen-bond acceptors (Lipinski definition) is 11. The Morgan fingerprint density at radius 1 is 0.878 bits per heavy atom. The molecule has 3 heterocycles. The van der Waals surface area contributed by atoms with Crippen molar-refractivity contribution in [2.45, 2.75) is 71.6 Å². The number of rotatable bonds is 10. The fraction of sp³-hybridized carbons (Fsp3) is 0.528. The van der Waals surface area contributed by atoms with Crippen molar-refractivity contribution in [3.05, 3.63) is 57.4 Å². The molecule has 13 nitrogen and oxygen atoms in total. The number of anilines is 1. The molecular formula is C36H47N3O10. The third kappa shape index (κ3) is 8.46. The SMILES string of the molecule is COc1cc(C(=O)OC(Cc2c(C)c3ccc(NC(=O)N4CC(C)OC(C)C4)cc3oc2=O)CN2CC(C)OC(C)C2)cc(OC)c1OC. The van der Waals surface area contributed by atoms with Gasteiger partial charge in [-0.2, -0.15) is 0 Å². The molecule has 1 N–H and O–H groups in total. The number of amides is 2. The zero-order valence-electron chi connectivity index (χ0n) is 29.5. The average molecular weight is 682 g/mol. The van der Waals surface area contributed by atoms with Gasteiger partial charge >= 0.3 is 17.6 Å². The highest BCUT2D eigenvalue weighted by Crippen LogP contribution is 2.38. The number of nitrogens with zero attached hydrogens (tertiary/aromatic N) is 2. The summed E-state index contributed by atoms with van der Waals surface area (Å²) in [5, 5.41) is 3.63. The van der Waals surface area contributed by atoms with E-state index < -0.39 is 17.7 Å². The molecule has 0 bridgehead atoms. The maximum absolute atomic E-state index is 13.6. The molecular weight excluding hydrogens is 634 g/mol. The molecule has 2 aromatic carbocycles. The first-order valence-electron chi connectivity index (χ1n) is 16.6. The summed E-state index contributed by atoms with van der Waals surface area (Å²) < 4.78 is 39.9. The van der Waals surface area contributed by atoms with Gasteiger partial charge in [0.15, 0.2) is 11.5 Å². The van der Waals surface area contributed by atoms with Crippen LogP contribution in [0.1, 0.15) is 49.2 Å². The Morgan fingerprint density at radius 3 is 2.04 bits per heavy atom. The lowest BCUT2D eigenvalue weighted by Gasteiger charge is -2.37. The maximum atomic E-state index is 13.6. The largest absolute Gasteiger partial charge is 0.493 e. The van der Waals surface area contributed by atoms with Gasteiger partial charge in [0.05, 0.1) is 51.3 Å². The zero-order valence-corrected chi connectivity index (χ0v) is 29.5. The van der Waals surface area contributed by atoms with Crippen molar-refractivity contribution in [1.29, 1.82) is 0 Å². The van der Waals surface area contributed by atoms with E-state index in [0.717, 1.165) is 0 Å². The highest BCUT2D eigenvalue weighted by molar-refractivity contribution is 5.93. The maximum Gasteiger partial charge on any atom is 0.339 e. The summed E-state index contributed by atoms with van der Waals surface area (Å²) in [6.07, 6.45) is -0.734.